The fourth-order valence-corrected chi connectivity index (χ4v) is 4.91. The Morgan fingerprint density at radius 1 is 1.15 bits per heavy atom. The molecule has 9 nitrogen and oxygen atoms in total. The van der Waals surface area contributed by atoms with E-state index in [0.29, 0.717) is 31.4 Å². The molecule has 1 N–H and O–H groups in total. The second kappa shape index (κ2) is 13.2. The van der Waals surface area contributed by atoms with Crippen LogP contribution in [0.1, 0.15) is 88.5 Å². The highest BCUT2D eigenvalue weighted by Gasteiger charge is 2.36. The molecule has 2 aromatic heterocycles. The highest BCUT2D eigenvalue weighted by atomic mass is 16.5. The summed E-state index contributed by atoms with van der Waals surface area (Å²) in [6, 6.07) is 9.46. The van der Waals surface area contributed by atoms with Crippen molar-refractivity contribution >= 4 is 29.0 Å². The molecule has 0 saturated heterocycles. The van der Waals surface area contributed by atoms with Crippen LogP contribution in [0, 0.1) is 11.3 Å². The molecule has 0 aliphatic heterocycles. The lowest BCUT2D eigenvalue weighted by molar-refractivity contribution is 0.0809. The van der Waals surface area contributed by atoms with Crippen molar-refractivity contribution in [3.63, 3.8) is 0 Å². The lowest BCUT2D eigenvalue weighted by atomic mass is 9.73. The summed E-state index contributed by atoms with van der Waals surface area (Å²) >= 11 is 0. The van der Waals surface area contributed by atoms with Crippen LogP contribution in [0.25, 0.3) is 10.9 Å². The van der Waals surface area contributed by atoms with Crippen molar-refractivity contribution in [3.8, 4) is 11.5 Å². The maximum atomic E-state index is 13.5. The quantitative estimate of drug-likeness (QED) is 0.145. The smallest absolute Gasteiger partial charge is 0.432 e. The molecular formula is C32H42N2O7. The average Bonchev–Trinajstić information content (AvgIpc) is 3.20. The summed E-state index contributed by atoms with van der Waals surface area (Å²) in [6.07, 6.45) is 3.32. The maximum absolute atomic E-state index is 13.5. The van der Waals surface area contributed by atoms with Crippen LogP contribution in [-0.2, 0) is 18.2 Å². The fraction of sp³-hybridized carbons (Fsp3) is 0.500. The summed E-state index contributed by atoms with van der Waals surface area (Å²) in [5.41, 5.74) is 0.411. The number of ether oxygens (including phenoxy) is 2. The first-order chi connectivity index (χ1) is 19.2. The summed E-state index contributed by atoms with van der Waals surface area (Å²) in [5.74, 6) is -0.476. The Labute approximate surface area is 241 Å². The lowest BCUT2D eigenvalue weighted by Crippen LogP contribution is -2.33. The molecule has 0 aliphatic carbocycles. The monoisotopic (exact) mass is 566 g/mol. The van der Waals surface area contributed by atoms with Gasteiger partial charge in [-0.3, -0.25) is 4.79 Å². The number of ketones is 1. The highest BCUT2D eigenvalue weighted by Crippen LogP contribution is 2.36. The van der Waals surface area contributed by atoms with E-state index in [2.05, 4.69) is 20.4 Å². The molecule has 222 valence electrons. The molecule has 0 bridgehead atoms. The number of aryl methyl sites for hydroxylation is 1. The van der Waals surface area contributed by atoms with E-state index in [0.717, 1.165) is 22.3 Å². The van der Waals surface area contributed by atoms with Crippen LogP contribution < -0.4 is 10.4 Å². The van der Waals surface area contributed by atoms with E-state index in [1.165, 1.54) is 19.4 Å². The lowest BCUT2D eigenvalue weighted by Gasteiger charge is -2.31. The summed E-state index contributed by atoms with van der Waals surface area (Å²) < 4.78 is 17.9. The number of fused-ring (bicyclic) bond motifs is 1. The van der Waals surface area contributed by atoms with Crippen LogP contribution >= 0.6 is 0 Å². The minimum atomic E-state index is -0.839. The number of rotatable bonds is 12. The molecule has 3 aromatic rings. The summed E-state index contributed by atoms with van der Waals surface area (Å²) in [4.78, 5) is 41.1. The molecule has 1 aromatic carbocycles. The largest absolute Gasteiger partial charge is 0.507 e. The van der Waals surface area contributed by atoms with Crippen molar-refractivity contribution < 1.29 is 28.6 Å². The van der Waals surface area contributed by atoms with Gasteiger partial charge in [0.05, 0.1) is 13.2 Å². The molecule has 2 atom stereocenters. The molecule has 9 heteroatoms. The van der Waals surface area contributed by atoms with Gasteiger partial charge in [0.25, 0.3) is 0 Å². The van der Waals surface area contributed by atoms with E-state index >= 15 is 0 Å². The molecule has 0 saturated carbocycles. The molecule has 41 heavy (non-hydrogen) atoms. The molecule has 0 spiro atoms. The van der Waals surface area contributed by atoms with Gasteiger partial charge in [-0.25, -0.2) is 9.59 Å². The molecular weight excluding hydrogens is 524 g/mol. The first-order valence-corrected chi connectivity index (χ1v) is 14.0. The van der Waals surface area contributed by atoms with E-state index < -0.39 is 28.8 Å². The van der Waals surface area contributed by atoms with Crippen LogP contribution in [0.15, 0.2) is 44.5 Å². The first-order valence-electron chi connectivity index (χ1n) is 14.0. The second-order valence-corrected chi connectivity index (χ2v) is 11.6. The minimum Gasteiger partial charge on any atom is -0.507 e. The fourth-order valence-electron chi connectivity index (χ4n) is 4.91. The first kappa shape index (κ1) is 31.6. The Kier molecular flexibility index (Phi) is 10.2. The van der Waals surface area contributed by atoms with Gasteiger partial charge < -0.3 is 23.6 Å². The Bertz CT molecular complexity index is 1480. The second-order valence-electron chi connectivity index (χ2n) is 11.6. The number of nitrogens with zero attached hydrogens (tertiary/aromatic N) is 2. The predicted octanol–water partition coefficient (Wildman–Crippen LogP) is 6.82. The predicted molar refractivity (Wildman–Crippen MR) is 159 cm³/mol. The summed E-state index contributed by atoms with van der Waals surface area (Å²) in [6.45, 7) is 11.6. The Hall–Kier alpha value is -3.88. The van der Waals surface area contributed by atoms with Gasteiger partial charge in [0.1, 0.15) is 22.8 Å². The topological polar surface area (TPSA) is 120 Å². The van der Waals surface area contributed by atoms with E-state index in [1.807, 2.05) is 59.9 Å². The molecule has 0 radical (unpaired) electrons. The summed E-state index contributed by atoms with van der Waals surface area (Å²) in [5, 5.41) is 11.8. The number of carbonyl (C=O) groups is 2. The van der Waals surface area contributed by atoms with Crippen LogP contribution in [0.2, 0.25) is 0 Å². The number of unbranched alkanes of at least 4 members (excludes halogenated alkanes) is 1. The number of methoxy groups -OCH3 is 1. The normalized spacial score (nSPS) is 13.6. The third kappa shape index (κ3) is 7.65. The number of amides is 1. The number of hydrogen-bond donors (Lipinski definition) is 1. The number of Topliss-reactive ketones (excluding diaryl/α,β-unsaturated/α-hetero) is 1. The zero-order valence-electron chi connectivity index (χ0n) is 25.3. The molecule has 2 heterocycles. The van der Waals surface area contributed by atoms with Crippen molar-refractivity contribution in [2.24, 2.45) is 23.4 Å². The van der Waals surface area contributed by atoms with Gasteiger partial charge >= 0.3 is 11.7 Å². The zero-order chi connectivity index (χ0) is 30.5. The van der Waals surface area contributed by atoms with E-state index in [1.54, 1.807) is 6.92 Å². The third-order valence-electron chi connectivity index (χ3n) is 7.71. The van der Waals surface area contributed by atoms with Gasteiger partial charge in [-0.1, -0.05) is 27.7 Å². The van der Waals surface area contributed by atoms with Crippen LogP contribution in [-0.4, -0.2) is 41.0 Å². The van der Waals surface area contributed by atoms with Crippen molar-refractivity contribution in [1.82, 2.24) is 4.57 Å². The Morgan fingerprint density at radius 2 is 1.85 bits per heavy atom. The van der Waals surface area contributed by atoms with Gasteiger partial charge in [-0.2, -0.15) is 4.99 Å². The molecule has 2 unspecified atom stereocenters. The number of carbonyl (C=O) groups excluding carboxylic acids is 2. The van der Waals surface area contributed by atoms with Gasteiger partial charge in [-0.15, -0.1) is 0 Å². The molecule has 0 aliphatic rings. The average molecular weight is 567 g/mol. The third-order valence-corrected chi connectivity index (χ3v) is 7.71. The number of aromatic hydroxyl groups is 1. The van der Waals surface area contributed by atoms with Crippen LogP contribution in [0.3, 0.4) is 0 Å². The molecule has 0 fully saturated rings. The number of aromatic nitrogens is 1. The van der Waals surface area contributed by atoms with Gasteiger partial charge in [0.2, 0.25) is 0 Å². The van der Waals surface area contributed by atoms with E-state index in [4.69, 9.17) is 9.15 Å². The van der Waals surface area contributed by atoms with E-state index in [-0.39, 0.29) is 23.3 Å². The standard InChI is InChI=1S/C32H42N2O7/c1-19(2)40-24-12-13-25-22(16-24)15-23(34(25)7)18-32(5,6)21(4)29(36)28-26(35)17-27(41-30(28)37)20(3)11-9-10-14-33-31(38)39-8/h12-17,19-21,35H,9-11,18H2,1-8H3. The van der Waals surface area contributed by atoms with E-state index in [9.17, 15) is 19.5 Å². The molecule has 1 amide bonds. The summed E-state index contributed by atoms with van der Waals surface area (Å²) in [7, 11) is 3.26. The number of aliphatic imine (C=N–C) groups is 1. The maximum Gasteiger partial charge on any atom is 0.432 e. The van der Waals surface area contributed by atoms with Crippen LogP contribution in [0.4, 0.5) is 4.79 Å². The SMILES string of the molecule is COC(=O)N=CCCCC(C)c1cc(O)c(C(=O)C(C)C(C)(C)Cc2cc3cc(OC(C)C)ccc3n2C)c(=O)o1. The minimum absolute atomic E-state index is 0.0760. The van der Waals surface area contributed by atoms with Crippen molar-refractivity contribution in [1.29, 1.82) is 0 Å². The van der Waals surface area contributed by atoms with Gasteiger partial charge in [-0.05, 0) is 69.2 Å². The van der Waals surface area contributed by atoms with Gasteiger partial charge in [0, 0.05) is 47.8 Å². The van der Waals surface area contributed by atoms with Crippen LogP contribution in [0.5, 0.6) is 11.5 Å². The van der Waals surface area contributed by atoms with Crippen molar-refractivity contribution in [2.45, 2.75) is 79.2 Å². The van der Waals surface area contributed by atoms with Crippen molar-refractivity contribution in [3.05, 3.63) is 57.8 Å². The number of hydrogen-bond acceptors (Lipinski definition) is 7. The Morgan fingerprint density at radius 3 is 2.49 bits per heavy atom. The van der Waals surface area contributed by atoms with Crippen molar-refractivity contribution in [2.75, 3.05) is 7.11 Å². The molecule has 3 rings (SSSR count). The highest BCUT2D eigenvalue weighted by molar-refractivity contribution is 6.00. The van der Waals surface area contributed by atoms with Gasteiger partial charge in [0.15, 0.2) is 5.78 Å². The zero-order valence-corrected chi connectivity index (χ0v) is 25.3. The number of benzene rings is 1. The Balaban J connectivity index is 1.74.